The first kappa shape index (κ1) is 23.2. The minimum absolute atomic E-state index is 0.338. The molecule has 0 aliphatic rings. The zero-order chi connectivity index (χ0) is 18.9. The van der Waals surface area contributed by atoms with Gasteiger partial charge in [-0.05, 0) is 37.0 Å². The van der Waals surface area contributed by atoms with Crippen molar-refractivity contribution in [3.05, 3.63) is 34.3 Å². The van der Waals surface area contributed by atoms with E-state index >= 15 is 0 Å². The number of aliphatic carboxylic acids is 1. The molecule has 1 rings (SSSR count). The number of unbranched alkanes of at least 4 members (excludes halogenated alkanes) is 13. The summed E-state index contributed by atoms with van der Waals surface area (Å²) in [5.41, 5.74) is 1.45. The summed E-state index contributed by atoms with van der Waals surface area (Å²) in [6.07, 6.45) is 19.6. The van der Waals surface area contributed by atoms with Crippen LogP contribution in [0.5, 0.6) is 0 Å². The summed E-state index contributed by atoms with van der Waals surface area (Å²) in [5.74, 6) is -0.658. The van der Waals surface area contributed by atoms with Crippen molar-refractivity contribution < 1.29 is 9.90 Å². The summed E-state index contributed by atoms with van der Waals surface area (Å²) >= 11 is 3.48. The molecule has 0 aliphatic heterocycles. The zero-order valence-electron chi connectivity index (χ0n) is 16.4. The van der Waals surface area contributed by atoms with Gasteiger partial charge < -0.3 is 5.11 Å². The van der Waals surface area contributed by atoms with Gasteiger partial charge in [-0.3, -0.25) is 4.79 Å². The Morgan fingerprint density at radius 1 is 0.654 bits per heavy atom. The number of halogens is 1. The van der Waals surface area contributed by atoms with Crippen LogP contribution >= 0.6 is 15.9 Å². The molecule has 0 radical (unpaired) electrons. The number of hydrogen-bond acceptors (Lipinski definition) is 1. The van der Waals surface area contributed by atoms with Gasteiger partial charge in [-0.2, -0.15) is 0 Å². The standard InChI is InChI=1S/C23H37BrO2/c24-22-19-17-21(18-20-22)15-13-11-9-7-5-3-1-2-4-6-8-10-12-14-16-23(25)26/h17-20H,1-16H2,(H,25,26). The highest BCUT2D eigenvalue weighted by Gasteiger charge is 1.97. The lowest BCUT2D eigenvalue weighted by Gasteiger charge is -2.04. The van der Waals surface area contributed by atoms with Gasteiger partial charge in [0.1, 0.15) is 0 Å². The smallest absolute Gasteiger partial charge is 0.303 e. The number of benzene rings is 1. The largest absolute Gasteiger partial charge is 0.481 e. The second kappa shape index (κ2) is 16.4. The number of hydrogen-bond donors (Lipinski definition) is 1. The van der Waals surface area contributed by atoms with E-state index in [-0.39, 0.29) is 0 Å². The first-order chi connectivity index (χ1) is 12.7. The summed E-state index contributed by atoms with van der Waals surface area (Å²) in [6, 6.07) is 8.71. The fraction of sp³-hybridized carbons (Fsp3) is 0.696. The van der Waals surface area contributed by atoms with Crippen LogP contribution in [-0.2, 0) is 11.2 Å². The van der Waals surface area contributed by atoms with Crippen LogP contribution in [0.3, 0.4) is 0 Å². The number of carboxylic acid groups (broad SMARTS) is 1. The number of rotatable bonds is 17. The molecule has 148 valence electrons. The lowest BCUT2D eigenvalue weighted by Crippen LogP contribution is -1.93. The molecule has 1 N–H and O–H groups in total. The molecule has 0 atom stereocenters. The van der Waals surface area contributed by atoms with Crippen molar-refractivity contribution in [3.63, 3.8) is 0 Å². The molecule has 2 nitrogen and oxygen atoms in total. The molecule has 0 amide bonds. The molecule has 0 bridgehead atoms. The Morgan fingerprint density at radius 2 is 1.04 bits per heavy atom. The van der Waals surface area contributed by atoms with Crippen molar-refractivity contribution in [1.82, 2.24) is 0 Å². The summed E-state index contributed by atoms with van der Waals surface area (Å²) in [5, 5.41) is 8.57. The molecule has 3 heteroatoms. The van der Waals surface area contributed by atoms with E-state index < -0.39 is 5.97 Å². The lowest BCUT2D eigenvalue weighted by molar-refractivity contribution is -0.137. The summed E-state index contributed by atoms with van der Waals surface area (Å²) in [4.78, 5) is 10.4. The second-order valence-corrected chi connectivity index (χ2v) is 8.39. The van der Waals surface area contributed by atoms with Crippen LogP contribution in [0, 0.1) is 0 Å². The third-order valence-corrected chi connectivity index (χ3v) is 5.55. The highest BCUT2D eigenvalue weighted by atomic mass is 79.9. The molecule has 0 spiro atoms. The molecule has 0 aliphatic carbocycles. The first-order valence-corrected chi connectivity index (χ1v) is 11.4. The second-order valence-electron chi connectivity index (χ2n) is 7.47. The monoisotopic (exact) mass is 424 g/mol. The third kappa shape index (κ3) is 14.4. The summed E-state index contributed by atoms with van der Waals surface area (Å²) in [6.45, 7) is 0. The van der Waals surface area contributed by atoms with Crippen molar-refractivity contribution in [1.29, 1.82) is 0 Å². The quantitative estimate of drug-likeness (QED) is 0.257. The van der Waals surface area contributed by atoms with Gasteiger partial charge in [0.2, 0.25) is 0 Å². The molecule has 0 aromatic heterocycles. The van der Waals surface area contributed by atoms with E-state index in [0.717, 1.165) is 17.3 Å². The average Bonchev–Trinajstić information content (AvgIpc) is 2.62. The minimum atomic E-state index is -0.658. The average molecular weight is 425 g/mol. The Bertz CT molecular complexity index is 456. The number of aryl methyl sites for hydroxylation is 1. The molecule has 26 heavy (non-hydrogen) atoms. The fourth-order valence-electron chi connectivity index (χ4n) is 3.38. The van der Waals surface area contributed by atoms with Crippen molar-refractivity contribution >= 4 is 21.9 Å². The van der Waals surface area contributed by atoms with Gasteiger partial charge in [0.25, 0.3) is 0 Å². The van der Waals surface area contributed by atoms with Crippen molar-refractivity contribution in [2.75, 3.05) is 0 Å². The molecule has 0 saturated carbocycles. The molecule has 1 aromatic carbocycles. The topological polar surface area (TPSA) is 37.3 Å². The number of carboxylic acids is 1. The molecule has 0 saturated heterocycles. The van der Waals surface area contributed by atoms with Crippen LogP contribution in [0.4, 0.5) is 0 Å². The van der Waals surface area contributed by atoms with E-state index in [1.165, 1.54) is 89.0 Å². The Balaban J connectivity index is 1.74. The maximum absolute atomic E-state index is 10.4. The van der Waals surface area contributed by atoms with Gasteiger partial charge in [0.15, 0.2) is 0 Å². The van der Waals surface area contributed by atoms with Gasteiger partial charge in [-0.15, -0.1) is 0 Å². The molecular weight excluding hydrogens is 388 g/mol. The predicted molar refractivity (Wildman–Crippen MR) is 115 cm³/mol. The lowest BCUT2D eigenvalue weighted by atomic mass is 10.0. The van der Waals surface area contributed by atoms with E-state index in [4.69, 9.17) is 5.11 Å². The highest BCUT2D eigenvalue weighted by Crippen LogP contribution is 2.15. The molecule has 0 heterocycles. The Hall–Kier alpha value is -0.830. The van der Waals surface area contributed by atoms with Gasteiger partial charge >= 0.3 is 5.97 Å². The Kier molecular flexibility index (Phi) is 14.6. The van der Waals surface area contributed by atoms with Gasteiger partial charge in [0, 0.05) is 10.9 Å². The summed E-state index contributed by atoms with van der Waals surface area (Å²) in [7, 11) is 0. The summed E-state index contributed by atoms with van der Waals surface area (Å²) < 4.78 is 1.16. The van der Waals surface area contributed by atoms with Crippen molar-refractivity contribution in [2.45, 2.75) is 103 Å². The van der Waals surface area contributed by atoms with Crippen LogP contribution < -0.4 is 0 Å². The van der Waals surface area contributed by atoms with Gasteiger partial charge in [-0.25, -0.2) is 0 Å². The molecule has 0 fully saturated rings. The maximum Gasteiger partial charge on any atom is 0.303 e. The van der Waals surface area contributed by atoms with Gasteiger partial charge in [-0.1, -0.05) is 105 Å². The van der Waals surface area contributed by atoms with Crippen LogP contribution in [0.1, 0.15) is 102 Å². The van der Waals surface area contributed by atoms with Crippen LogP contribution in [0.15, 0.2) is 28.7 Å². The molecular formula is C23H37BrO2. The van der Waals surface area contributed by atoms with E-state index in [1.54, 1.807) is 0 Å². The highest BCUT2D eigenvalue weighted by molar-refractivity contribution is 9.10. The van der Waals surface area contributed by atoms with E-state index in [1.807, 2.05) is 0 Å². The van der Waals surface area contributed by atoms with Crippen LogP contribution in [-0.4, -0.2) is 11.1 Å². The third-order valence-electron chi connectivity index (χ3n) is 5.02. The fourth-order valence-corrected chi connectivity index (χ4v) is 3.64. The SMILES string of the molecule is O=C(O)CCCCCCCCCCCCCCCCc1ccc(Br)cc1. The van der Waals surface area contributed by atoms with Gasteiger partial charge in [0.05, 0.1) is 0 Å². The van der Waals surface area contributed by atoms with E-state index in [0.29, 0.717) is 6.42 Å². The normalized spacial score (nSPS) is 11.0. The van der Waals surface area contributed by atoms with Crippen LogP contribution in [0.25, 0.3) is 0 Å². The Morgan fingerprint density at radius 3 is 1.46 bits per heavy atom. The van der Waals surface area contributed by atoms with E-state index in [9.17, 15) is 4.79 Å². The number of carbonyl (C=O) groups is 1. The zero-order valence-corrected chi connectivity index (χ0v) is 17.9. The molecule has 0 unspecified atom stereocenters. The maximum atomic E-state index is 10.4. The van der Waals surface area contributed by atoms with Crippen molar-refractivity contribution in [3.8, 4) is 0 Å². The minimum Gasteiger partial charge on any atom is -0.481 e. The van der Waals surface area contributed by atoms with Crippen molar-refractivity contribution in [2.24, 2.45) is 0 Å². The first-order valence-electron chi connectivity index (χ1n) is 10.6. The van der Waals surface area contributed by atoms with Crippen LogP contribution in [0.2, 0.25) is 0 Å². The molecule has 1 aromatic rings. The predicted octanol–water partition coefficient (Wildman–Crippen LogP) is 7.93. The Labute approximate surface area is 168 Å². The van der Waals surface area contributed by atoms with E-state index in [2.05, 4.69) is 40.2 Å².